The highest BCUT2D eigenvalue weighted by molar-refractivity contribution is 6.00. The molecule has 3 atom stereocenters. The summed E-state index contributed by atoms with van der Waals surface area (Å²) in [6.45, 7) is 8.10. The van der Waals surface area contributed by atoms with Gasteiger partial charge in [-0.1, -0.05) is 20.8 Å². The smallest absolute Gasteiger partial charge is 0.254 e. The lowest BCUT2D eigenvalue weighted by atomic mass is 9.99. The van der Waals surface area contributed by atoms with Gasteiger partial charge in [0.2, 0.25) is 0 Å². The number of hydrogen-bond donors (Lipinski definition) is 1. The topological polar surface area (TPSA) is 100 Å². The number of fused-ring (bicyclic) bond motifs is 4. The second-order valence-electron chi connectivity index (χ2n) is 15.2. The monoisotopic (exact) mass is 650 g/mol. The zero-order valence-corrected chi connectivity index (χ0v) is 28.3. The van der Waals surface area contributed by atoms with Gasteiger partial charge >= 0.3 is 0 Å². The van der Waals surface area contributed by atoms with Gasteiger partial charge in [0.05, 0.1) is 30.6 Å². The van der Waals surface area contributed by atoms with E-state index in [1.54, 1.807) is 13.2 Å². The maximum atomic E-state index is 15.1. The molecule has 5 aromatic rings. The van der Waals surface area contributed by atoms with Crippen molar-refractivity contribution in [3.8, 4) is 34.3 Å². The van der Waals surface area contributed by atoms with E-state index in [0.717, 1.165) is 47.5 Å². The second-order valence-corrected chi connectivity index (χ2v) is 15.2. The quantitative estimate of drug-likeness (QED) is 0.198. The van der Waals surface area contributed by atoms with Crippen molar-refractivity contribution < 1.29 is 18.7 Å². The van der Waals surface area contributed by atoms with Crippen LogP contribution < -0.4 is 15.2 Å². The summed E-state index contributed by atoms with van der Waals surface area (Å²) in [5, 5.41) is 0.982. The largest absolute Gasteiger partial charge is 0.494 e. The van der Waals surface area contributed by atoms with E-state index in [9.17, 15) is 4.79 Å². The number of nitrogens with zero attached hydrogens (tertiary/aromatic N) is 5. The molecule has 3 unspecified atom stereocenters. The Bertz CT molecular complexity index is 2070. The molecule has 3 aromatic heterocycles. The summed E-state index contributed by atoms with van der Waals surface area (Å²) in [6.07, 6.45) is 4.38. The summed E-state index contributed by atoms with van der Waals surface area (Å²) in [7, 11) is 3.61. The number of aryl methyl sites for hydroxylation is 1. The molecule has 2 bridgehead atoms. The molecular formula is C38H43FN6O3. The Labute approximate surface area is 279 Å². The van der Waals surface area contributed by atoms with E-state index in [1.165, 1.54) is 18.9 Å². The van der Waals surface area contributed by atoms with E-state index in [0.29, 0.717) is 53.1 Å². The summed E-state index contributed by atoms with van der Waals surface area (Å²) in [5.74, 6) is 2.13. The normalized spacial score (nSPS) is 20.7. The number of imidazole rings is 1. The first kappa shape index (κ1) is 30.9. The fraction of sp³-hybridized carbons (Fsp3) is 0.447. The van der Waals surface area contributed by atoms with Crippen molar-refractivity contribution in [2.45, 2.75) is 65.1 Å². The first-order valence-corrected chi connectivity index (χ1v) is 17.0. The third-order valence-corrected chi connectivity index (χ3v) is 10.3. The standard InChI is InChI=1S/C38H43FN6O3/c1-38(2,3)20-48-31-13-10-22(14-26(31)39)27-11-8-23-16-30(44(35(23)41-27)18-21-6-7-21)36-42-28-15-25(17-32(47-5)34(28)43(36)4)37(46)45-19-24-9-12-29(45)33(24)40/h8,10-11,13-17,21,24,29,33H,6-7,9,12,18-20,40H2,1-5H3. The predicted octanol–water partition coefficient (Wildman–Crippen LogP) is 6.80. The van der Waals surface area contributed by atoms with Gasteiger partial charge in [-0.15, -0.1) is 0 Å². The lowest BCUT2D eigenvalue weighted by molar-refractivity contribution is 0.0700. The third-order valence-electron chi connectivity index (χ3n) is 10.3. The lowest BCUT2D eigenvalue weighted by Gasteiger charge is -2.27. The van der Waals surface area contributed by atoms with E-state index in [1.807, 2.05) is 46.8 Å². The predicted molar refractivity (Wildman–Crippen MR) is 185 cm³/mol. The van der Waals surface area contributed by atoms with Crippen LogP contribution in [0.5, 0.6) is 11.5 Å². The zero-order chi connectivity index (χ0) is 33.5. The number of hydrogen-bond acceptors (Lipinski definition) is 6. The van der Waals surface area contributed by atoms with Crippen LogP contribution in [0.25, 0.3) is 44.8 Å². The number of amides is 1. The molecule has 4 heterocycles. The van der Waals surface area contributed by atoms with Crippen LogP contribution >= 0.6 is 0 Å². The van der Waals surface area contributed by atoms with Gasteiger partial charge in [0.15, 0.2) is 17.4 Å². The lowest BCUT2D eigenvalue weighted by Crippen LogP contribution is -2.41. The molecule has 0 spiro atoms. The van der Waals surface area contributed by atoms with Gasteiger partial charge in [-0.05, 0) is 91.5 Å². The fourth-order valence-corrected chi connectivity index (χ4v) is 7.55. The Kier molecular flexibility index (Phi) is 7.28. The SMILES string of the molecule is COc1cc(C(=O)N2CC3CCC2C3N)cc2nc(-c3cc4ccc(-c5ccc(OCC(C)(C)C)c(F)c5)nc4n3CC3CC3)n(C)c12. The molecule has 1 saturated heterocycles. The average molecular weight is 651 g/mol. The highest BCUT2D eigenvalue weighted by atomic mass is 19.1. The molecule has 2 saturated carbocycles. The highest BCUT2D eigenvalue weighted by Crippen LogP contribution is 2.40. The van der Waals surface area contributed by atoms with Gasteiger partial charge in [-0.3, -0.25) is 4.79 Å². The van der Waals surface area contributed by atoms with Crippen LogP contribution in [0.15, 0.2) is 48.5 Å². The molecule has 2 aromatic carbocycles. The molecule has 250 valence electrons. The Morgan fingerprint density at radius 1 is 1.02 bits per heavy atom. The number of ether oxygens (including phenoxy) is 2. The number of carbonyl (C=O) groups excluding carboxylic acids is 1. The van der Waals surface area contributed by atoms with E-state index in [2.05, 4.69) is 31.4 Å². The number of halogens is 1. The van der Waals surface area contributed by atoms with Crippen molar-refractivity contribution in [1.82, 2.24) is 24.0 Å². The van der Waals surface area contributed by atoms with Gasteiger partial charge in [0.1, 0.15) is 16.9 Å². The van der Waals surface area contributed by atoms with Crippen molar-refractivity contribution in [2.24, 2.45) is 30.0 Å². The molecule has 9 nitrogen and oxygen atoms in total. The van der Waals surface area contributed by atoms with Gasteiger partial charge < -0.3 is 29.2 Å². The van der Waals surface area contributed by atoms with Gasteiger partial charge in [0.25, 0.3) is 5.91 Å². The molecule has 0 radical (unpaired) electrons. The van der Waals surface area contributed by atoms with E-state index in [4.69, 9.17) is 25.2 Å². The Morgan fingerprint density at radius 2 is 1.83 bits per heavy atom. The molecule has 2 aliphatic carbocycles. The molecule has 8 rings (SSSR count). The molecule has 10 heteroatoms. The van der Waals surface area contributed by atoms with Gasteiger partial charge in [-0.25, -0.2) is 14.4 Å². The van der Waals surface area contributed by atoms with E-state index >= 15 is 4.39 Å². The van der Waals surface area contributed by atoms with Crippen molar-refractivity contribution in [1.29, 1.82) is 0 Å². The first-order chi connectivity index (χ1) is 23.0. The number of pyridine rings is 1. The van der Waals surface area contributed by atoms with Crippen LogP contribution in [0.3, 0.4) is 0 Å². The van der Waals surface area contributed by atoms with Crippen LogP contribution in [0.4, 0.5) is 4.39 Å². The van der Waals surface area contributed by atoms with Gasteiger partial charge in [-0.2, -0.15) is 0 Å². The Balaban J connectivity index is 1.18. The van der Waals surface area contributed by atoms with Gasteiger partial charge in [0, 0.05) is 48.7 Å². The van der Waals surface area contributed by atoms with Crippen molar-refractivity contribution in [2.75, 3.05) is 20.3 Å². The van der Waals surface area contributed by atoms with Crippen LogP contribution in [0, 0.1) is 23.1 Å². The number of piperidine rings is 1. The van der Waals surface area contributed by atoms with Crippen LogP contribution in [0.1, 0.15) is 56.8 Å². The minimum Gasteiger partial charge on any atom is -0.494 e. The maximum Gasteiger partial charge on any atom is 0.254 e. The third kappa shape index (κ3) is 5.30. The summed E-state index contributed by atoms with van der Waals surface area (Å²) < 4.78 is 31.0. The molecular weight excluding hydrogens is 607 g/mol. The number of likely N-dealkylation sites (tertiary alicyclic amines) is 1. The summed E-state index contributed by atoms with van der Waals surface area (Å²) >= 11 is 0. The summed E-state index contributed by atoms with van der Waals surface area (Å²) in [4.78, 5) is 25.9. The number of nitrogens with two attached hydrogens (primary N) is 1. The number of carbonyl (C=O) groups is 1. The fourth-order valence-electron chi connectivity index (χ4n) is 7.55. The van der Waals surface area contributed by atoms with E-state index < -0.39 is 5.82 Å². The molecule has 48 heavy (non-hydrogen) atoms. The van der Waals surface area contributed by atoms with Crippen molar-refractivity contribution in [3.05, 3.63) is 59.9 Å². The Hall–Kier alpha value is -4.44. The summed E-state index contributed by atoms with van der Waals surface area (Å²) in [5.41, 5.74) is 11.6. The average Bonchev–Trinajstić information content (AvgIpc) is 3.46. The van der Waals surface area contributed by atoms with Crippen molar-refractivity contribution >= 4 is 28.0 Å². The van der Waals surface area contributed by atoms with Crippen LogP contribution in [0.2, 0.25) is 0 Å². The van der Waals surface area contributed by atoms with E-state index in [-0.39, 0.29) is 29.2 Å². The number of benzene rings is 2. The van der Waals surface area contributed by atoms with Crippen molar-refractivity contribution in [3.63, 3.8) is 0 Å². The molecule has 3 fully saturated rings. The number of rotatable bonds is 8. The summed E-state index contributed by atoms with van der Waals surface area (Å²) in [6, 6.07) is 15.0. The number of aromatic nitrogens is 4. The second kappa shape index (κ2) is 11.3. The molecule has 2 N–H and O–H groups in total. The minimum atomic E-state index is -0.403. The van der Waals surface area contributed by atoms with Crippen LogP contribution in [-0.2, 0) is 13.6 Å². The Morgan fingerprint density at radius 3 is 2.50 bits per heavy atom. The number of methoxy groups -OCH3 is 1. The zero-order valence-electron chi connectivity index (χ0n) is 28.3. The minimum absolute atomic E-state index is 0.0186. The molecule has 1 aliphatic heterocycles. The first-order valence-electron chi connectivity index (χ1n) is 17.0. The highest BCUT2D eigenvalue weighted by Gasteiger charge is 2.47. The maximum absolute atomic E-state index is 15.1. The van der Waals surface area contributed by atoms with Crippen LogP contribution in [-0.4, -0.2) is 62.3 Å². The molecule has 3 aliphatic rings. The molecule has 1 amide bonds.